The van der Waals surface area contributed by atoms with Crippen molar-refractivity contribution in [3.8, 4) is 0 Å². The molecular formula is C11H11N5O3S. The molecule has 0 spiro atoms. The Kier molecular flexibility index (Phi) is 4.01. The van der Waals surface area contributed by atoms with Gasteiger partial charge in [0.15, 0.2) is 5.16 Å². The van der Waals surface area contributed by atoms with Crippen LogP contribution in [0.1, 0.15) is 5.56 Å². The minimum absolute atomic E-state index is 0.134. The molecule has 0 fully saturated rings. The van der Waals surface area contributed by atoms with Crippen LogP contribution in [0.5, 0.6) is 0 Å². The van der Waals surface area contributed by atoms with Gasteiger partial charge in [-0.1, -0.05) is 0 Å². The largest absolute Gasteiger partial charge is 0.391 e. The van der Waals surface area contributed by atoms with Crippen molar-refractivity contribution in [3.05, 3.63) is 39.9 Å². The van der Waals surface area contributed by atoms with Crippen molar-refractivity contribution in [3.63, 3.8) is 0 Å². The number of nitrogens with zero attached hydrogens (tertiary/aromatic N) is 3. The van der Waals surface area contributed by atoms with Crippen LogP contribution in [0.4, 0.5) is 17.3 Å². The summed E-state index contributed by atoms with van der Waals surface area (Å²) in [5.41, 5.74) is 11.2. The Labute approximate surface area is 118 Å². The first-order valence-electron chi connectivity index (χ1n) is 5.45. The third-order valence-electron chi connectivity index (χ3n) is 2.37. The fraction of sp³-hybridized carbons (Fsp3) is 0.0909. The predicted molar refractivity (Wildman–Crippen MR) is 74.0 cm³/mol. The van der Waals surface area contributed by atoms with E-state index >= 15 is 0 Å². The SMILES string of the molecule is Nc1cc(N)nc(Sc2ccc([N+](=O)[O-])c(CO)c2)n1. The fourth-order valence-corrected chi connectivity index (χ4v) is 2.39. The van der Waals surface area contributed by atoms with E-state index in [0.29, 0.717) is 10.1 Å². The van der Waals surface area contributed by atoms with Crippen molar-refractivity contribution in [2.75, 3.05) is 11.5 Å². The minimum Gasteiger partial charge on any atom is -0.391 e. The van der Waals surface area contributed by atoms with Gasteiger partial charge in [-0.15, -0.1) is 0 Å². The lowest BCUT2D eigenvalue weighted by atomic mass is 10.2. The number of nitrogens with two attached hydrogens (primary N) is 2. The highest BCUT2D eigenvalue weighted by atomic mass is 32.2. The highest BCUT2D eigenvalue weighted by Gasteiger charge is 2.14. The van der Waals surface area contributed by atoms with Crippen LogP contribution in [0, 0.1) is 10.1 Å². The number of hydrogen-bond donors (Lipinski definition) is 3. The summed E-state index contributed by atoms with van der Waals surface area (Å²) in [4.78, 5) is 18.9. The summed E-state index contributed by atoms with van der Waals surface area (Å²) in [7, 11) is 0. The van der Waals surface area contributed by atoms with Gasteiger partial charge in [0.1, 0.15) is 11.6 Å². The second-order valence-corrected chi connectivity index (χ2v) is 4.85. The fourth-order valence-electron chi connectivity index (χ4n) is 1.54. The van der Waals surface area contributed by atoms with Gasteiger partial charge in [0.2, 0.25) is 0 Å². The van der Waals surface area contributed by atoms with Crippen molar-refractivity contribution >= 4 is 29.1 Å². The molecule has 0 aliphatic heterocycles. The second-order valence-electron chi connectivity index (χ2n) is 3.81. The Bertz CT molecular complexity index is 644. The van der Waals surface area contributed by atoms with Gasteiger partial charge >= 0.3 is 0 Å². The number of aliphatic hydroxyl groups excluding tert-OH is 1. The van der Waals surface area contributed by atoms with Gasteiger partial charge in [-0.3, -0.25) is 10.1 Å². The maximum Gasteiger partial charge on any atom is 0.274 e. The van der Waals surface area contributed by atoms with Gasteiger partial charge in [-0.05, 0) is 23.9 Å². The number of benzene rings is 1. The van der Waals surface area contributed by atoms with E-state index < -0.39 is 11.5 Å². The molecule has 20 heavy (non-hydrogen) atoms. The van der Waals surface area contributed by atoms with Gasteiger partial charge in [-0.25, -0.2) is 9.97 Å². The number of nitro benzene ring substituents is 1. The van der Waals surface area contributed by atoms with Crippen LogP contribution in [-0.4, -0.2) is 20.0 Å². The summed E-state index contributed by atoms with van der Waals surface area (Å²) in [6.45, 7) is -0.426. The molecular weight excluding hydrogens is 282 g/mol. The van der Waals surface area contributed by atoms with Crippen molar-refractivity contribution in [1.29, 1.82) is 0 Å². The predicted octanol–water partition coefficient (Wildman–Crippen LogP) is 1.19. The van der Waals surface area contributed by atoms with Gasteiger partial charge < -0.3 is 16.6 Å². The number of aromatic nitrogens is 2. The quantitative estimate of drug-likeness (QED) is 0.433. The van der Waals surface area contributed by atoms with E-state index in [4.69, 9.17) is 16.6 Å². The zero-order chi connectivity index (χ0) is 14.7. The Morgan fingerprint density at radius 1 is 1.25 bits per heavy atom. The molecule has 0 saturated heterocycles. The van der Waals surface area contributed by atoms with Crippen molar-refractivity contribution < 1.29 is 10.0 Å². The molecule has 104 valence electrons. The maximum atomic E-state index is 10.8. The molecule has 8 nitrogen and oxygen atoms in total. The Morgan fingerprint density at radius 2 is 1.90 bits per heavy atom. The Hall–Kier alpha value is -2.39. The first-order valence-corrected chi connectivity index (χ1v) is 6.27. The average molecular weight is 293 g/mol. The number of nitro groups is 1. The van der Waals surface area contributed by atoms with Gasteiger partial charge in [0.05, 0.1) is 17.1 Å². The normalized spacial score (nSPS) is 10.4. The highest BCUT2D eigenvalue weighted by molar-refractivity contribution is 7.99. The number of aliphatic hydroxyl groups is 1. The van der Waals surface area contributed by atoms with E-state index in [-0.39, 0.29) is 22.9 Å². The standard InChI is InChI=1S/C11H11N5O3S/c12-9-4-10(13)15-11(14-9)20-7-1-2-8(16(18)19)6(3-7)5-17/h1-4,17H,5H2,(H4,12,13,14,15). The summed E-state index contributed by atoms with van der Waals surface area (Å²) in [5, 5.41) is 20.3. The number of hydrogen-bond acceptors (Lipinski definition) is 8. The molecule has 0 aliphatic carbocycles. The second kappa shape index (κ2) is 5.72. The van der Waals surface area contributed by atoms with Crippen LogP contribution in [0.2, 0.25) is 0 Å². The lowest BCUT2D eigenvalue weighted by Gasteiger charge is -2.05. The summed E-state index contributed by atoms with van der Waals surface area (Å²) < 4.78 is 0. The molecule has 2 aromatic rings. The smallest absolute Gasteiger partial charge is 0.274 e. The van der Waals surface area contributed by atoms with Crippen LogP contribution >= 0.6 is 11.8 Å². The molecule has 0 aliphatic rings. The van der Waals surface area contributed by atoms with Crippen molar-refractivity contribution in [2.24, 2.45) is 0 Å². The third kappa shape index (κ3) is 3.13. The summed E-state index contributed by atoms with van der Waals surface area (Å²) in [6, 6.07) is 5.80. The van der Waals surface area contributed by atoms with E-state index in [1.54, 1.807) is 6.07 Å². The van der Waals surface area contributed by atoms with E-state index in [9.17, 15) is 10.1 Å². The molecule has 0 saturated carbocycles. The van der Waals surface area contributed by atoms with Crippen molar-refractivity contribution in [2.45, 2.75) is 16.7 Å². The zero-order valence-electron chi connectivity index (χ0n) is 10.2. The molecule has 0 radical (unpaired) electrons. The van der Waals surface area contributed by atoms with E-state index in [2.05, 4.69) is 9.97 Å². The first kappa shape index (κ1) is 14.0. The Balaban J connectivity index is 2.32. The lowest BCUT2D eigenvalue weighted by molar-refractivity contribution is -0.385. The average Bonchev–Trinajstić information content (AvgIpc) is 2.37. The molecule has 2 rings (SSSR count). The molecule has 0 atom stereocenters. The molecule has 1 aromatic heterocycles. The van der Waals surface area contributed by atoms with E-state index in [1.807, 2.05) is 0 Å². The van der Waals surface area contributed by atoms with Crippen LogP contribution in [-0.2, 0) is 6.61 Å². The van der Waals surface area contributed by atoms with Gasteiger partial charge in [0, 0.05) is 17.0 Å². The topological polar surface area (TPSA) is 141 Å². The molecule has 0 amide bonds. The maximum absolute atomic E-state index is 10.8. The number of rotatable bonds is 4. The van der Waals surface area contributed by atoms with Gasteiger partial charge in [-0.2, -0.15) is 0 Å². The number of nitrogen functional groups attached to an aromatic ring is 2. The van der Waals surface area contributed by atoms with Crippen LogP contribution in [0.15, 0.2) is 34.3 Å². The molecule has 1 aromatic carbocycles. The lowest BCUT2D eigenvalue weighted by Crippen LogP contribution is -1.99. The molecule has 5 N–H and O–H groups in total. The molecule has 9 heteroatoms. The van der Waals surface area contributed by atoms with Crippen molar-refractivity contribution in [1.82, 2.24) is 9.97 Å². The Morgan fingerprint density at radius 3 is 2.45 bits per heavy atom. The molecule has 1 heterocycles. The first-order chi connectivity index (χ1) is 9.49. The van der Waals surface area contributed by atoms with E-state index in [0.717, 1.165) is 11.8 Å². The number of anilines is 2. The van der Waals surface area contributed by atoms with Gasteiger partial charge in [0.25, 0.3) is 5.69 Å². The minimum atomic E-state index is -0.547. The molecule has 0 bridgehead atoms. The monoisotopic (exact) mass is 293 g/mol. The van der Waals surface area contributed by atoms with Crippen LogP contribution < -0.4 is 11.5 Å². The van der Waals surface area contributed by atoms with Crippen LogP contribution in [0.3, 0.4) is 0 Å². The van der Waals surface area contributed by atoms with E-state index in [1.165, 1.54) is 18.2 Å². The summed E-state index contributed by atoms with van der Waals surface area (Å²) in [6.07, 6.45) is 0. The van der Waals surface area contributed by atoms with Crippen LogP contribution in [0.25, 0.3) is 0 Å². The zero-order valence-corrected chi connectivity index (χ0v) is 11.0. The third-order valence-corrected chi connectivity index (χ3v) is 3.23. The summed E-state index contributed by atoms with van der Waals surface area (Å²) in [5.74, 6) is 0.480. The molecule has 0 unspecified atom stereocenters. The summed E-state index contributed by atoms with van der Waals surface area (Å²) >= 11 is 1.15. The highest BCUT2D eigenvalue weighted by Crippen LogP contribution is 2.30.